The van der Waals surface area contributed by atoms with Gasteiger partial charge in [0.25, 0.3) is 5.91 Å². The third-order valence-electron chi connectivity index (χ3n) is 3.25. The van der Waals surface area contributed by atoms with Crippen LogP contribution in [0.5, 0.6) is 0 Å². The van der Waals surface area contributed by atoms with Gasteiger partial charge in [-0.1, -0.05) is 0 Å². The molecule has 0 spiro atoms. The van der Waals surface area contributed by atoms with E-state index >= 15 is 0 Å². The average molecular weight is 346 g/mol. The summed E-state index contributed by atoms with van der Waals surface area (Å²) in [5.41, 5.74) is 0.285. The fourth-order valence-corrected chi connectivity index (χ4v) is 2.93. The number of nitrogens with zero attached hydrogens (tertiary/aromatic N) is 4. The van der Waals surface area contributed by atoms with E-state index in [2.05, 4.69) is 15.0 Å². The fourth-order valence-electron chi connectivity index (χ4n) is 2.12. The number of hydrogen-bond donors (Lipinski definition) is 0. The zero-order chi connectivity index (χ0) is 17.1. The Morgan fingerprint density at radius 2 is 1.92 bits per heavy atom. The van der Waals surface area contributed by atoms with Crippen LogP contribution >= 0.6 is 11.3 Å². The predicted molar refractivity (Wildman–Crippen MR) is 86.8 cm³/mol. The topological polar surface area (TPSA) is 59.0 Å². The molecule has 2 aromatic heterocycles. The highest BCUT2D eigenvalue weighted by atomic mass is 32.1. The van der Waals surface area contributed by atoms with Gasteiger partial charge in [-0.3, -0.25) is 4.79 Å². The number of benzene rings is 1. The van der Waals surface area contributed by atoms with Gasteiger partial charge in [-0.05, 0) is 25.1 Å². The molecule has 1 amide bonds. The van der Waals surface area contributed by atoms with E-state index in [-0.39, 0.29) is 11.6 Å². The Balaban J connectivity index is 1.89. The van der Waals surface area contributed by atoms with Crippen LogP contribution in [0.3, 0.4) is 0 Å². The lowest BCUT2D eigenvalue weighted by Gasteiger charge is -2.20. The molecule has 0 radical (unpaired) electrons. The molecule has 2 heterocycles. The number of amides is 1. The van der Waals surface area contributed by atoms with Crippen molar-refractivity contribution in [2.24, 2.45) is 0 Å². The molecule has 0 fully saturated rings. The number of hydrogen-bond acceptors (Lipinski definition) is 5. The molecule has 0 bridgehead atoms. The van der Waals surface area contributed by atoms with Crippen LogP contribution in [0.2, 0.25) is 0 Å². The van der Waals surface area contributed by atoms with Crippen LogP contribution in [0.25, 0.3) is 10.8 Å². The summed E-state index contributed by atoms with van der Waals surface area (Å²) in [6.07, 6.45) is 4.61. The minimum absolute atomic E-state index is 0.285. The molecule has 0 aliphatic rings. The normalized spacial score (nSPS) is 10.6. The molecule has 0 unspecified atom stereocenters. The highest BCUT2D eigenvalue weighted by Crippen LogP contribution is 2.25. The zero-order valence-corrected chi connectivity index (χ0v) is 13.4. The predicted octanol–water partition coefficient (Wildman–Crippen LogP) is 3.55. The minimum atomic E-state index is -0.999. The monoisotopic (exact) mass is 346 g/mol. The Kier molecular flexibility index (Phi) is 4.57. The molecule has 1 aromatic carbocycles. The van der Waals surface area contributed by atoms with E-state index in [0.717, 1.165) is 23.5 Å². The van der Waals surface area contributed by atoms with Crippen molar-refractivity contribution < 1.29 is 13.6 Å². The van der Waals surface area contributed by atoms with E-state index < -0.39 is 11.6 Å². The second-order valence-corrected chi connectivity index (χ2v) is 5.78. The molecule has 0 N–H and O–H groups in total. The Labute approximate surface area is 140 Å². The van der Waals surface area contributed by atoms with Crippen LogP contribution in [0, 0.1) is 11.6 Å². The molecule has 0 atom stereocenters. The SMILES string of the molecule is CCN(C(=O)c1cnc(-c2ncccn2)s1)c1ccc(F)c(F)c1. The molecular weight excluding hydrogens is 334 g/mol. The largest absolute Gasteiger partial charge is 0.308 e. The number of halogens is 2. The lowest BCUT2D eigenvalue weighted by molar-refractivity contribution is 0.0992. The number of carbonyl (C=O) groups excluding carboxylic acids is 1. The first-order valence-corrected chi connectivity index (χ1v) is 7.92. The third kappa shape index (κ3) is 3.13. The summed E-state index contributed by atoms with van der Waals surface area (Å²) >= 11 is 1.14. The molecule has 0 aliphatic heterocycles. The Hall–Kier alpha value is -2.74. The molecule has 0 aliphatic carbocycles. The lowest BCUT2D eigenvalue weighted by Crippen LogP contribution is -2.30. The molecule has 3 aromatic rings. The summed E-state index contributed by atoms with van der Waals surface area (Å²) in [6.45, 7) is 2.06. The summed E-state index contributed by atoms with van der Waals surface area (Å²) < 4.78 is 26.5. The van der Waals surface area contributed by atoms with Gasteiger partial charge >= 0.3 is 0 Å². The Morgan fingerprint density at radius 3 is 2.58 bits per heavy atom. The molecule has 0 saturated carbocycles. The van der Waals surface area contributed by atoms with Crippen molar-refractivity contribution >= 4 is 22.9 Å². The maximum Gasteiger partial charge on any atom is 0.269 e. The van der Waals surface area contributed by atoms with Crippen LogP contribution in [-0.4, -0.2) is 27.4 Å². The van der Waals surface area contributed by atoms with Gasteiger partial charge in [-0.25, -0.2) is 23.7 Å². The van der Waals surface area contributed by atoms with Crippen LogP contribution < -0.4 is 4.90 Å². The van der Waals surface area contributed by atoms with E-state index in [4.69, 9.17) is 0 Å². The zero-order valence-electron chi connectivity index (χ0n) is 12.6. The van der Waals surface area contributed by atoms with E-state index in [1.54, 1.807) is 25.4 Å². The van der Waals surface area contributed by atoms with Gasteiger partial charge in [0.05, 0.1) is 6.20 Å². The van der Waals surface area contributed by atoms with Gasteiger partial charge in [0, 0.05) is 30.7 Å². The van der Waals surface area contributed by atoms with E-state index in [1.165, 1.54) is 17.2 Å². The van der Waals surface area contributed by atoms with E-state index in [0.29, 0.717) is 22.3 Å². The van der Waals surface area contributed by atoms with E-state index in [1.807, 2.05) is 0 Å². The molecule has 5 nitrogen and oxygen atoms in total. The van der Waals surface area contributed by atoms with Gasteiger partial charge < -0.3 is 4.90 Å². The Bertz CT molecular complexity index is 870. The van der Waals surface area contributed by atoms with Crippen molar-refractivity contribution in [1.29, 1.82) is 0 Å². The van der Waals surface area contributed by atoms with Crippen molar-refractivity contribution in [3.8, 4) is 10.8 Å². The van der Waals surface area contributed by atoms with Gasteiger partial charge in [-0.15, -0.1) is 11.3 Å². The van der Waals surface area contributed by atoms with Crippen molar-refractivity contribution in [3.05, 3.63) is 59.4 Å². The molecule has 3 rings (SSSR count). The maximum atomic E-state index is 13.4. The Morgan fingerprint density at radius 1 is 1.17 bits per heavy atom. The molecular formula is C16H12F2N4OS. The highest BCUT2D eigenvalue weighted by molar-refractivity contribution is 7.16. The maximum absolute atomic E-state index is 13.4. The standard InChI is InChI=1S/C16H12F2N4OS/c1-2-22(10-4-5-11(17)12(18)8-10)16(23)13-9-21-15(24-13)14-19-6-3-7-20-14/h3-9H,2H2,1H3. The van der Waals surface area contributed by atoms with E-state index in [9.17, 15) is 13.6 Å². The first-order chi connectivity index (χ1) is 11.6. The summed E-state index contributed by atoms with van der Waals surface area (Å²) in [5, 5.41) is 0.514. The molecule has 122 valence electrons. The second kappa shape index (κ2) is 6.79. The quantitative estimate of drug-likeness (QED) is 0.725. The summed E-state index contributed by atoms with van der Waals surface area (Å²) in [5.74, 6) is -1.87. The molecule has 24 heavy (non-hydrogen) atoms. The van der Waals surface area contributed by atoms with Gasteiger partial charge in [0.2, 0.25) is 0 Å². The lowest BCUT2D eigenvalue weighted by atomic mass is 10.2. The van der Waals surface area contributed by atoms with Crippen LogP contribution in [-0.2, 0) is 0 Å². The molecule has 0 saturated heterocycles. The first-order valence-electron chi connectivity index (χ1n) is 7.10. The van der Waals surface area contributed by atoms with Gasteiger partial charge in [-0.2, -0.15) is 0 Å². The fraction of sp³-hybridized carbons (Fsp3) is 0.125. The second-order valence-electron chi connectivity index (χ2n) is 4.75. The summed E-state index contributed by atoms with van der Waals surface area (Å²) in [7, 11) is 0. The van der Waals surface area contributed by atoms with Crippen molar-refractivity contribution in [2.75, 3.05) is 11.4 Å². The highest BCUT2D eigenvalue weighted by Gasteiger charge is 2.20. The molecule has 8 heteroatoms. The van der Waals surface area contributed by atoms with Crippen LogP contribution in [0.4, 0.5) is 14.5 Å². The number of carbonyl (C=O) groups is 1. The average Bonchev–Trinajstić information content (AvgIpc) is 3.09. The van der Waals surface area contributed by atoms with Gasteiger partial charge in [0.1, 0.15) is 4.88 Å². The number of anilines is 1. The number of rotatable bonds is 4. The smallest absolute Gasteiger partial charge is 0.269 e. The first kappa shape index (κ1) is 16.1. The van der Waals surface area contributed by atoms with Gasteiger partial charge in [0.15, 0.2) is 22.5 Å². The summed E-state index contributed by atoms with van der Waals surface area (Å²) in [4.78, 5) is 26.7. The van der Waals surface area contributed by atoms with Crippen LogP contribution in [0.15, 0.2) is 42.9 Å². The minimum Gasteiger partial charge on any atom is -0.308 e. The number of thiazole rings is 1. The van der Waals surface area contributed by atoms with Crippen molar-refractivity contribution in [2.45, 2.75) is 6.92 Å². The van der Waals surface area contributed by atoms with Crippen molar-refractivity contribution in [3.63, 3.8) is 0 Å². The van der Waals surface area contributed by atoms with Crippen LogP contribution in [0.1, 0.15) is 16.6 Å². The summed E-state index contributed by atoms with van der Waals surface area (Å²) in [6, 6.07) is 5.04. The van der Waals surface area contributed by atoms with Crippen molar-refractivity contribution in [1.82, 2.24) is 15.0 Å². The third-order valence-corrected chi connectivity index (χ3v) is 4.23. The number of aromatic nitrogens is 3.